The molecule has 0 aliphatic rings. The summed E-state index contributed by atoms with van der Waals surface area (Å²) in [6.07, 6.45) is 1.70. The number of rotatable bonds is 11. The van der Waals surface area contributed by atoms with Gasteiger partial charge in [0.15, 0.2) is 5.11 Å². The Morgan fingerprint density at radius 1 is 1.00 bits per heavy atom. The predicted molar refractivity (Wildman–Crippen MR) is 130 cm³/mol. The fourth-order valence-electron chi connectivity index (χ4n) is 2.70. The summed E-state index contributed by atoms with van der Waals surface area (Å²) in [5.74, 6) is 0.713. The molecule has 8 heteroatoms. The van der Waals surface area contributed by atoms with Crippen LogP contribution in [0.4, 0.5) is 5.69 Å². The van der Waals surface area contributed by atoms with E-state index in [0.29, 0.717) is 48.2 Å². The van der Waals surface area contributed by atoms with E-state index in [1.165, 1.54) is 0 Å². The summed E-state index contributed by atoms with van der Waals surface area (Å²) in [6.45, 7) is 6.01. The lowest BCUT2D eigenvalue weighted by molar-refractivity contribution is 0.0946. The highest BCUT2D eigenvalue weighted by Gasteiger charge is 2.10. The quantitative estimate of drug-likeness (QED) is 0.349. The molecule has 0 atom stereocenters. The molecule has 7 nitrogen and oxygen atoms in total. The Bertz CT molecular complexity index is 900. The van der Waals surface area contributed by atoms with Gasteiger partial charge in [-0.2, -0.15) is 0 Å². The molecule has 0 aliphatic carbocycles. The number of hydrogen-bond acceptors (Lipinski definition) is 5. The summed E-state index contributed by atoms with van der Waals surface area (Å²) in [4.78, 5) is 24.6. The first-order chi connectivity index (χ1) is 15.4. The summed E-state index contributed by atoms with van der Waals surface area (Å²) in [6, 6.07) is 13.8. The molecular weight excluding hydrogens is 426 g/mol. The Balaban J connectivity index is 1.84. The maximum atomic E-state index is 12.5. The van der Waals surface area contributed by atoms with Crippen LogP contribution in [0.25, 0.3) is 0 Å². The molecule has 0 radical (unpaired) electrons. The fraction of sp³-hybridized carbons (Fsp3) is 0.375. The van der Waals surface area contributed by atoms with Gasteiger partial charge in [0.1, 0.15) is 5.75 Å². The zero-order valence-corrected chi connectivity index (χ0v) is 19.6. The molecule has 0 fully saturated rings. The molecule has 172 valence electrons. The summed E-state index contributed by atoms with van der Waals surface area (Å²) < 4.78 is 10.7. The standard InChI is InChI=1S/C24H31N3O4S/c1-17(2)12-15-31-21-7-4-6-19(16-21)23(29)27-24(32)26-20-10-8-18(9-11-20)22(28)25-13-5-14-30-3/h4,6-11,16-17H,5,12-15H2,1-3H3,(H,25,28)(H2,26,27,29,32). The number of nitrogens with one attached hydrogen (secondary N) is 3. The van der Waals surface area contributed by atoms with Crippen molar-refractivity contribution in [1.82, 2.24) is 10.6 Å². The highest BCUT2D eigenvalue weighted by atomic mass is 32.1. The second-order valence-corrected chi connectivity index (χ2v) is 8.05. The van der Waals surface area contributed by atoms with Gasteiger partial charge in [-0.3, -0.25) is 14.9 Å². The molecule has 3 N–H and O–H groups in total. The van der Waals surface area contributed by atoms with Crippen molar-refractivity contribution in [3.63, 3.8) is 0 Å². The average molecular weight is 458 g/mol. The van der Waals surface area contributed by atoms with Crippen LogP contribution in [0.15, 0.2) is 48.5 Å². The Kier molecular flexibility index (Phi) is 10.6. The van der Waals surface area contributed by atoms with E-state index in [1.54, 1.807) is 49.6 Å². The van der Waals surface area contributed by atoms with Crippen molar-refractivity contribution < 1.29 is 19.1 Å². The van der Waals surface area contributed by atoms with E-state index in [-0.39, 0.29) is 16.9 Å². The van der Waals surface area contributed by atoms with Crippen molar-refractivity contribution in [2.45, 2.75) is 26.7 Å². The molecule has 2 rings (SSSR count). The second-order valence-electron chi connectivity index (χ2n) is 7.65. The van der Waals surface area contributed by atoms with Gasteiger partial charge < -0.3 is 20.1 Å². The zero-order chi connectivity index (χ0) is 23.3. The number of ether oxygens (including phenoxy) is 2. The van der Waals surface area contributed by atoms with Crippen LogP contribution in [-0.4, -0.2) is 43.8 Å². The molecule has 0 aromatic heterocycles. The van der Waals surface area contributed by atoms with Crippen LogP contribution < -0.4 is 20.7 Å². The molecule has 2 amide bonds. The molecular formula is C24H31N3O4S. The molecule has 2 aromatic rings. The number of carbonyl (C=O) groups is 2. The lowest BCUT2D eigenvalue weighted by Crippen LogP contribution is -2.34. The van der Waals surface area contributed by atoms with Crippen LogP contribution in [0.2, 0.25) is 0 Å². The van der Waals surface area contributed by atoms with Gasteiger partial charge in [-0.25, -0.2) is 0 Å². The van der Waals surface area contributed by atoms with Gasteiger partial charge in [-0.15, -0.1) is 0 Å². The number of methoxy groups -OCH3 is 1. The molecule has 2 aromatic carbocycles. The average Bonchev–Trinajstić information content (AvgIpc) is 2.77. The van der Waals surface area contributed by atoms with E-state index in [9.17, 15) is 9.59 Å². The molecule has 0 spiro atoms. The SMILES string of the molecule is COCCCNC(=O)c1ccc(NC(=S)NC(=O)c2cccc(OCCC(C)C)c2)cc1. The summed E-state index contributed by atoms with van der Waals surface area (Å²) in [5.41, 5.74) is 1.66. The minimum atomic E-state index is -0.330. The van der Waals surface area contributed by atoms with Crippen molar-refractivity contribution in [3.05, 3.63) is 59.7 Å². The van der Waals surface area contributed by atoms with E-state index in [0.717, 1.165) is 12.8 Å². The van der Waals surface area contributed by atoms with Crippen LogP contribution in [0.1, 0.15) is 47.4 Å². The summed E-state index contributed by atoms with van der Waals surface area (Å²) in [7, 11) is 1.63. The Labute approximate surface area is 194 Å². The predicted octanol–water partition coefficient (Wildman–Crippen LogP) is 4.00. The van der Waals surface area contributed by atoms with E-state index in [4.69, 9.17) is 21.7 Å². The molecule has 0 unspecified atom stereocenters. The van der Waals surface area contributed by atoms with E-state index in [1.807, 2.05) is 6.07 Å². The number of benzene rings is 2. The van der Waals surface area contributed by atoms with E-state index < -0.39 is 0 Å². The zero-order valence-electron chi connectivity index (χ0n) is 18.8. The third-order valence-electron chi connectivity index (χ3n) is 4.50. The van der Waals surface area contributed by atoms with Gasteiger partial charge in [0.2, 0.25) is 0 Å². The van der Waals surface area contributed by atoms with Crippen molar-refractivity contribution >= 4 is 34.8 Å². The lowest BCUT2D eigenvalue weighted by atomic mass is 10.1. The molecule has 0 saturated carbocycles. The van der Waals surface area contributed by atoms with Gasteiger partial charge >= 0.3 is 0 Å². The minimum Gasteiger partial charge on any atom is -0.494 e. The number of carbonyl (C=O) groups excluding carboxylic acids is 2. The van der Waals surface area contributed by atoms with Gasteiger partial charge in [0, 0.05) is 37.1 Å². The monoisotopic (exact) mass is 457 g/mol. The molecule has 32 heavy (non-hydrogen) atoms. The van der Waals surface area contributed by atoms with Crippen LogP contribution in [0.5, 0.6) is 5.75 Å². The highest BCUT2D eigenvalue weighted by molar-refractivity contribution is 7.80. The number of amides is 2. The first kappa shape index (κ1) is 25.3. The maximum absolute atomic E-state index is 12.5. The smallest absolute Gasteiger partial charge is 0.257 e. The maximum Gasteiger partial charge on any atom is 0.257 e. The highest BCUT2D eigenvalue weighted by Crippen LogP contribution is 2.15. The minimum absolute atomic E-state index is 0.154. The molecule has 0 saturated heterocycles. The first-order valence-electron chi connectivity index (χ1n) is 10.6. The largest absolute Gasteiger partial charge is 0.494 e. The van der Waals surface area contributed by atoms with E-state index in [2.05, 4.69) is 29.8 Å². The van der Waals surface area contributed by atoms with Crippen molar-refractivity contribution in [1.29, 1.82) is 0 Å². The summed E-state index contributed by atoms with van der Waals surface area (Å²) in [5, 5.41) is 8.60. The third kappa shape index (κ3) is 9.03. The molecule has 0 aliphatic heterocycles. The van der Waals surface area contributed by atoms with Gasteiger partial charge in [0.25, 0.3) is 11.8 Å². The number of hydrogen-bond donors (Lipinski definition) is 3. The summed E-state index contributed by atoms with van der Waals surface area (Å²) >= 11 is 5.24. The van der Waals surface area contributed by atoms with Crippen molar-refractivity contribution in [2.24, 2.45) is 5.92 Å². The third-order valence-corrected chi connectivity index (χ3v) is 4.71. The lowest BCUT2D eigenvalue weighted by Gasteiger charge is -2.12. The Morgan fingerprint density at radius 3 is 2.44 bits per heavy atom. The van der Waals surface area contributed by atoms with Crippen LogP contribution >= 0.6 is 12.2 Å². The first-order valence-corrected chi connectivity index (χ1v) is 11.0. The van der Waals surface area contributed by atoms with Crippen molar-refractivity contribution in [2.75, 3.05) is 32.2 Å². The van der Waals surface area contributed by atoms with Crippen LogP contribution in [0, 0.1) is 5.92 Å². The van der Waals surface area contributed by atoms with Crippen LogP contribution in [0.3, 0.4) is 0 Å². The number of anilines is 1. The van der Waals surface area contributed by atoms with Gasteiger partial charge in [-0.05, 0) is 73.4 Å². The van der Waals surface area contributed by atoms with Crippen molar-refractivity contribution in [3.8, 4) is 5.75 Å². The van der Waals surface area contributed by atoms with Gasteiger partial charge in [-0.1, -0.05) is 19.9 Å². The molecule has 0 bridgehead atoms. The Morgan fingerprint density at radius 2 is 1.75 bits per heavy atom. The topological polar surface area (TPSA) is 88.7 Å². The normalized spacial score (nSPS) is 10.5. The second kappa shape index (κ2) is 13.4. The van der Waals surface area contributed by atoms with Crippen LogP contribution in [-0.2, 0) is 4.74 Å². The fourth-order valence-corrected chi connectivity index (χ4v) is 2.91. The Hall–Kier alpha value is -2.97. The molecule has 0 heterocycles. The number of thiocarbonyl (C=S) groups is 1. The van der Waals surface area contributed by atoms with E-state index >= 15 is 0 Å². The van der Waals surface area contributed by atoms with Gasteiger partial charge in [0.05, 0.1) is 6.61 Å².